The third-order valence-corrected chi connectivity index (χ3v) is 4.19. The normalized spacial score (nSPS) is 21.1. The average Bonchev–Trinajstić information content (AvgIpc) is 2.86. The molecule has 0 radical (unpaired) electrons. The molecule has 1 aromatic carbocycles. The number of carbonyl (C=O) groups is 1. The van der Waals surface area contributed by atoms with Gasteiger partial charge in [0.25, 0.3) is 10.1 Å². The van der Waals surface area contributed by atoms with Crippen LogP contribution in [0.25, 0.3) is 0 Å². The van der Waals surface area contributed by atoms with Crippen molar-refractivity contribution >= 4 is 29.6 Å². The molecule has 22 heavy (non-hydrogen) atoms. The zero-order valence-corrected chi connectivity index (χ0v) is 14.3. The Morgan fingerprint density at radius 2 is 1.91 bits per heavy atom. The van der Waals surface area contributed by atoms with Crippen LogP contribution in [0.4, 0.5) is 0 Å². The van der Waals surface area contributed by atoms with Crippen LogP contribution < -0.4 is 0 Å². The highest BCUT2D eigenvalue weighted by molar-refractivity contribution is 7.85. The number of rotatable bonds is 6. The van der Waals surface area contributed by atoms with Crippen LogP contribution in [0.3, 0.4) is 0 Å². The van der Waals surface area contributed by atoms with E-state index in [0.717, 1.165) is 25.5 Å². The van der Waals surface area contributed by atoms with Gasteiger partial charge in [-0.15, -0.1) is 0 Å². The maximum atomic E-state index is 11.9. The van der Waals surface area contributed by atoms with Crippen LogP contribution in [-0.2, 0) is 19.0 Å². The van der Waals surface area contributed by atoms with E-state index in [1.54, 1.807) is 24.3 Å². The molecule has 2 rings (SSSR count). The Balaban J connectivity index is 0.00000242. The van der Waals surface area contributed by atoms with Crippen LogP contribution in [0.15, 0.2) is 30.3 Å². The van der Waals surface area contributed by atoms with Gasteiger partial charge in [0.1, 0.15) is 6.10 Å². The van der Waals surface area contributed by atoms with Crippen molar-refractivity contribution in [1.82, 2.24) is 0 Å². The zero-order valence-electron chi connectivity index (χ0n) is 12.5. The molecule has 1 aliphatic carbocycles. The van der Waals surface area contributed by atoms with E-state index in [1.807, 2.05) is 6.07 Å². The lowest BCUT2D eigenvalue weighted by Gasteiger charge is -2.13. The first-order chi connectivity index (χ1) is 9.94. The number of carbonyl (C=O) groups excluding carboxylic acids is 1. The van der Waals surface area contributed by atoms with E-state index in [4.69, 9.17) is 8.92 Å². The smallest absolute Gasteiger partial charge is 0.338 e. The highest BCUT2D eigenvalue weighted by Gasteiger charge is 2.27. The molecule has 0 heterocycles. The first-order valence-corrected chi connectivity index (χ1v) is 8.86. The third kappa shape index (κ3) is 6.37. The fraction of sp³-hybridized carbons (Fsp3) is 0.533. The Morgan fingerprint density at radius 1 is 1.23 bits per heavy atom. The molecule has 0 bridgehead atoms. The molecule has 2 atom stereocenters. The number of hydrogen-bond donors (Lipinski definition) is 0. The molecular formula is C15H22O5S2. The van der Waals surface area contributed by atoms with Crippen molar-refractivity contribution in [2.75, 3.05) is 12.9 Å². The van der Waals surface area contributed by atoms with Gasteiger partial charge in [0.15, 0.2) is 0 Å². The molecule has 7 heteroatoms. The minimum Gasteiger partial charge on any atom is -0.459 e. The Kier molecular flexibility index (Phi) is 7.38. The zero-order chi connectivity index (χ0) is 15.3. The summed E-state index contributed by atoms with van der Waals surface area (Å²) in [4.78, 5) is 11.9. The van der Waals surface area contributed by atoms with Crippen LogP contribution in [-0.4, -0.2) is 33.4 Å². The van der Waals surface area contributed by atoms with Gasteiger partial charge in [-0.3, -0.25) is 4.18 Å². The second-order valence-electron chi connectivity index (χ2n) is 5.39. The minimum absolute atomic E-state index is 0. The molecule has 0 aromatic heterocycles. The largest absolute Gasteiger partial charge is 0.459 e. The average molecular weight is 346 g/mol. The minimum atomic E-state index is -3.37. The molecule has 1 aliphatic rings. The molecule has 0 saturated heterocycles. The van der Waals surface area contributed by atoms with Crippen molar-refractivity contribution in [3.63, 3.8) is 0 Å². The summed E-state index contributed by atoms with van der Waals surface area (Å²) in [5, 5.41) is 0. The number of hydrogen-bond acceptors (Lipinski definition) is 5. The topological polar surface area (TPSA) is 69.7 Å². The van der Waals surface area contributed by atoms with Gasteiger partial charge in [-0.1, -0.05) is 18.2 Å². The summed E-state index contributed by atoms with van der Waals surface area (Å²) < 4.78 is 32.0. The molecule has 1 fully saturated rings. The molecular weight excluding hydrogens is 324 g/mol. The highest BCUT2D eigenvalue weighted by Crippen LogP contribution is 2.30. The monoisotopic (exact) mass is 346 g/mol. The molecule has 0 N–H and O–H groups in total. The van der Waals surface area contributed by atoms with E-state index in [-0.39, 0.29) is 32.2 Å². The van der Waals surface area contributed by atoms with Crippen LogP contribution in [0.2, 0.25) is 0 Å². The van der Waals surface area contributed by atoms with E-state index in [2.05, 4.69) is 0 Å². The van der Waals surface area contributed by atoms with Gasteiger partial charge in [0.2, 0.25) is 0 Å². The molecule has 0 unspecified atom stereocenters. The van der Waals surface area contributed by atoms with Gasteiger partial charge in [0.05, 0.1) is 18.4 Å². The van der Waals surface area contributed by atoms with Crippen molar-refractivity contribution in [2.45, 2.75) is 31.8 Å². The summed E-state index contributed by atoms with van der Waals surface area (Å²) >= 11 is 0. The lowest BCUT2D eigenvalue weighted by Crippen LogP contribution is -2.15. The molecule has 0 amide bonds. The number of esters is 1. The van der Waals surface area contributed by atoms with Gasteiger partial charge in [-0.2, -0.15) is 21.9 Å². The van der Waals surface area contributed by atoms with Crippen LogP contribution in [0.5, 0.6) is 0 Å². The summed E-state index contributed by atoms with van der Waals surface area (Å²) in [6, 6.07) is 8.92. The van der Waals surface area contributed by atoms with Crippen LogP contribution in [0.1, 0.15) is 36.0 Å². The number of ether oxygens (including phenoxy) is 1. The van der Waals surface area contributed by atoms with E-state index in [1.165, 1.54) is 0 Å². The summed E-state index contributed by atoms with van der Waals surface area (Å²) in [5.41, 5.74) is 0.557. The van der Waals surface area contributed by atoms with E-state index >= 15 is 0 Å². The van der Waals surface area contributed by atoms with Gasteiger partial charge in [0, 0.05) is 0 Å². The summed E-state index contributed by atoms with van der Waals surface area (Å²) in [5.74, 6) is 0.0500. The first kappa shape index (κ1) is 19.0. The summed E-state index contributed by atoms with van der Waals surface area (Å²) in [6.07, 6.45) is 4.16. The maximum Gasteiger partial charge on any atom is 0.338 e. The quantitative estimate of drug-likeness (QED) is 0.585. The van der Waals surface area contributed by atoms with Crippen molar-refractivity contribution in [2.24, 2.45) is 5.92 Å². The fourth-order valence-corrected chi connectivity index (χ4v) is 2.96. The highest BCUT2D eigenvalue weighted by atomic mass is 32.2. The van der Waals surface area contributed by atoms with E-state index in [9.17, 15) is 13.2 Å². The van der Waals surface area contributed by atoms with Crippen molar-refractivity contribution in [1.29, 1.82) is 0 Å². The molecule has 1 saturated carbocycles. The SMILES string of the molecule is CS(=O)(=O)OCC[C@@H]1CC[C@@H](OC(=O)c2ccccc2)C1.S. The molecule has 5 nitrogen and oxygen atoms in total. The van der Waals surface area contributed by atoms with Crippen molar-refractivity contribution < 1.29 is 22.1 Å². The third-order valence-electron chi connectivity index (χ3n) is 3.60. The predicted octanol–water partition coefficient (Wildman–Crippen LogP) is 2.49. The van der Waals surface area contributed by atoms with Gasteiger partial charge in [-0.05, 0) is 43.7 Å². The Labute approximate surface area is 138 Å². The molecule has 0 spiro atoms. The molecule has 124 valence electrons. The molecule has 0 aliphatic heterocycles. The van der Waals surface area contributed by atoms with Gasteiger partial charge >= 0.3 is 5.97 Å². The standard InChI is InChI=1S/C15H20O5S.H2S/c1-21(17,18)19-10-9-12-7-8-14(11-12)20-15(16)13-5-3-2-4-6-13;/h2-6,12,14H,7-11H2,1H3;1H2/t12-,14+;/m0./s1. The maximum absolute atomic E-state index is 11.9. The van der Waals surface area contributed by atoms with Crippen molar-refractivity contribution in [3.8, 4) is 0 Å². The van der Waals surface area contributed by atoms with Gasteiger partial charge < -0.3 is 4.74 Å². The van der Waals surface area contributed by atoms with E-state index in [0.29, 0.717) is 17.9 Å². The molecule has 1 aromatic rings. The van der Waals surface area contributed by atoms with Crippen molar-refractivity contribution in [3.05, 3.63) is 35.9 Å². The Hall–Kier alpha value is -1.05. The summed E-state index contributed by atoms with van der Waals surface area (Å²) in [7, 11) is -3.37. The first-order valence-electron chi connectivity index (χ1n) is 7.04. The lowest BCUT2D eigenvalue weighted by atomic mass is 10.1. The number of benzene rings is 1. The second-order valence-corrected chi connectivity index (χ2v) is 7.03. The predicted molar refractivity (Wildman–Crippen MR) is 88.8 cm³/mol. The van der Waals surface area contributed by atoms with Crippen LogP contribution in [0, 0.1) is 5.92 Å². The van der Waals surface area contributed by atoms with E-state index < -0.39 is 10.1 Å². The van der Waals surface area contributed by atoms with Crippen LogP contribution >= 0.6 is 13.5 Å². The Bertz CT molecular complexity index is 571. The fourth-order valence-electron chi connectivity index (χ4n) is 2.56. The second kappa shape index (κ2) is 8.55. The van der Waals surface area contributed by atoms with Gasteiger partial charge in [-0.25, -0.2) is 4.79 Å². The Morgan fingerprint density at radius 3 is 2.55 bits per heavy atom. The summed E-state index contributed by atoms with van der Waals surface area (Å²) in [6.45, 7) is 0.197. The lowest BCUT2D eigenvalue weighted by molar-refractivity contribution is 0.0307.